The number of H-pyrrole nitrogens is 1. The van der Waals surface area contributed by atoms with Crippen molar-refractivity contribution in [2.75, 3.05) is 50.8 Å². The summed E-state index contributed by atoms with van der Waals surface area (Å²) in [5.74, 6) is 0.726. The molecule has 36 heavy (non-hydrogen) atoms. The van der Waals surface area contributed by atoms with Crippen LogP contribution in [0.4, 0.5) is 5.69 Å². The maximum atomic E-state index is 13.1. The normalized spacial score (nSPS) is 19.9. The van der Waals surface area contributed by atoms with Gasteiger partial charge in [0.05, 0.1) is 17.7 Å². The number of amides is 1. The third kappa shape index (κ3) is 5.02. The van der Waals surface area contributed by atoms with Crippen molar-refractivity contribution in [1.82, 2.24) is 20.2 Å². The highest BCUT2D eigenvalue weighted by Crippen LogP contribution is 2.46. The zero-order valence-electron chi connectivity index (χ0n) is 20.6. The van der Waals surface area contributed by atoms with E-state index in [9.17, 15) is 4.79 Å². The van der Waals surface area contributed by atoms with Crippen LogP contribution >= 0.6 is 11.6 Å². The largest absolute Gasteiger partial charge is 0.378 e. The van der Waals surface area contributed by atoms with Crippen LogP contribution in [0.25, 0.3) is 22.2 Å². The molecule has 3 aliphatic rings. The van der Waals surface area contributed by atoms with E-state index in [2.05, 4.69) is 32.4 Å². The Hall–Kier alpha value is -2.45. The van der Waals surface area contributed by atoms with Gasteiger partial charge in [0, 0.05) is 55.3 Å². The Balaban J connectivity index is 1.10. The van der Waals surface area contributed by atoms with Gasteiger partial charge in [-0.2, -0.15) is 0 Å². The summed E-state index contributed by atoms with van der Waals surface area (Å²) in [4.78, 5) is 25.1. The summed E-state index contributed by atoms with van der Waals surface area (Å²) in [6.45, 7) is 5.76. The molecule has 1 saturated carbocycles. The summed E-state index contributed by atoms with van der Waals surface area (Å²) in [5, 5.41) is 5.14. The molecule has 4 heterocycles. The third-order valence-corrected chi connectivity index (χ3v) is 8.11. The van der Waals surface area contributed by atoms with E-state index in [4.69, 9.17) is 16.3 Å². The van der Waals surface area contributed by atoms with Gasteiger partial charge in [0.2, 0.25) is 5.91 Å². The minimum Gasteiger partial charge on any atom is -0.378 e. The lowest BCUT2D eigenvalue weighted by molar-refractivity contribution is -0.121. The Kier molecular flexibility index (Phi) is 6.98. The summed E-state index contributed by atoms with van der Waals surface area (Å²) < 4.78 is 6.02. The average Bonchev–Trinajstić information content (AvgIpc) is 3.66. The number of nitrogens with one attached hydrogen (secondary N) is 2. The lowest BCUT2D eigenvalue weighted by Gasteiger charge is -2.34. The second kappa shape index (κ2) is 10.5. The van der Waals surface area contributed by atoms with E-state index in [0.717, 1.165) is 84.9 Å². The molecule has 3 fully saturated rings. The van der Waals surface area contributed by atoms with Gasteiger partial charge in [-0.3, -0.25) is 9.69 Å². The van der Waals surface area contributed by atoms with Gasteiger partial charge in [0.1, 0.15) is 5.65 Å². The number of piperidine rings is 1. The number of halogens is 1. The minimum absolute atomic E-state index is 0.138. The summed E-state index contributed by atoms with van der Waals surface area (Å²) in [5.41, 5.74) is 4.92. The standard InChI is InChI=1S/C28H34ClN5O2/c29-27-24(17-32-28-26(27)23(16-31-28)19-5-6-19)20-3-1-4-21(15-20)34-13-12-33(18-25(34)35)11-2-14-36-22-7-9-30-10-8-22/h1,3-4,15-17,19,22,30H,2,5-14,18H2,(H,31,32). The Morgan fingerprint density at radius 2 is 2.00 bits per heavy atom. The van der Waals surface area contributed by atoms with Crippen LogP contribution in [0.5, 0.6) is 0 Å². The number of piperazine rings is 1. The fourth-order valence-electron chi connectivity index (χ4n) is 5.53. The van der Waals surface area contributed by atoms with Gasteiger partial charge in [0.25, 0.3) is 0 Å². The van der Waals surface area contributed by atoms with Crippen LogP contribution in [0.1, 0.15) is 43.6 Å². The molecule has 0 unspecified atom stereocenters. The first-order valence-electron chi connectivity index (χ1n) is 13.3. The van der Waals surface area contributed by atoms with E-state index in [0.29, 0.717) is 25.1 Å². The first kappa shape index (κ1) is 23.9. The number of hydrogen-bond acceptors (Lipinski definition) is 5. The second-order valence-corrected chi connectivity index (χ2v) is 10.7. The van der Waals surface area contributed by atoms with Gasteiger partial charge < -0.3 is 19.9 Å². The molecule has 0 spiro atoms. The maximum Gasteiger partial charge on any atom is 0.241 e. The number of aromatic amines is 1. The fraction of sp³-hybridized carbons (Fsp3) is 0.500. The third-order valence-electron chi connectivity index (χ3n) is 7.71. The summed E-state index contributed by atoms with van der Waals surface area (Å²) >= 11 is 6.93. The van der Waals surface area contributed by atoms with E-state index in [-0.39, 0.29) is 5.91 Å². The molecule has 6 rings (SSSR count). The number of ether oxygens (including phenoxy) is 1. The number of anilines is 1. The van der Waals surface area contributed by atoms with Gasteiger partial charge in [-0.25, -0.2) is 4.98 Å². The van der Waals surface area contributed by atoms with Crippen LogP contribution in [0.15, 0.2) is 36.7 Å². The van der Waals surface area contributed by atoms with Crippen LogP contribution in [0.2, 0.25) is 5.02 Å². The molecule has 3 aromatic rings. The average molecular weight is 508 g/mol. The smallest absolute Gasteiger partial charge is 0.241 e. The van der Waals surface area contributed by atoms with Gasteiger partial charge >= 0.3 is 0 Å². The van der Waals surface area contributed by atoms with E-state index in [1.54, 1.807) is 0 Å². The first-order valence-corrected chi connectivity index (χ1v) is 13.7. The number of pyridine rings is 1. The first-order chi connectivity index (χ1) is 17.7. The number of nitrogens with zero attached hydrogens (tertiary/aromatic N) is 3. The fourth-order valence-corrected chi connectivity index (χ4v) is 5.88. The van der Waals surface area contributed by atoms with Crippen molar-refractivity contribution in [3.8, 4) is 11.1 Å². The van der Waals surface area contributed by atoms with Gasteiger partial charge in [-0.1, -0.05) is 23.7 Å². The minimum atomic E-state index is 0.138. The second-order valence-electron chi connectivity index (χ2n) is 10.3. The monoisotopic (exact) mass is 507 g/mol. The Morgan fingerprint density at radius 1 is 1.14 bits per heavy atom. The van der Waals surface area contributed by atoms with Crippen LogP contribution in [-0.4, -0.2) is 72.8 Å². The molecule has 1 amide bonds. The number of carbonyl (C=O) groups excluding carboxylic acids is 1. The molecule has 1 aromatic carbocycles. The predicted molar refractivity (Wildman–Crippen MR) is 144 cm³/mol. The summed E-state index contributed by atoms with van der Waals surface area (Å²) in [6, 6.07) is 8.13. The number of carbonyl (C=O) groups is 1. The molecule has 2 aromatic heterocycles. The highest BCUT2D eigenvalue weighted by molar-refractivity contribution is 6.38. The van der Waals surface area contributed by atoms with E-state index in [1.807, 2.05) is 29.3 Å². The molecular formula is C28H34ClN5O2. The number of hydrogen-bond donors (Lipinski definition) is 2. The van der Waals surface area contributed by atoms with Crippen LogP contribution < -0.4 is 10.2 Å². The molecule has 2 saturated heterocycles. The molecule has 190 valence electrons. The Morgan fingerprint density at radius 3 is 2.81 bits per heavy atom. The molecule has 0 bridgehead atoms. The zero-order valence-corrected chi connectivity index (χ0v) is 21.4. The quantitative estimate of drug-likeness (QED) is 0.437. The Bertz CT molecular complexity index is 1230. The summed E-state index contributed by atoms with van der Waals surface area (Å²) in [7, 11) is 0. The molecule has 1 aliphatic carbocycles. The summed E-state index contributed by atoms with van der Waals surface area (Å²) in [6.07, 6.45) is 9.85. The lowest BCUT2D eigenvalue weighted by Crippen LogP contribution is -2.50. The predicted octanol–water partition coefficient (Wildman–Crippen LogP) is 4.57. The topological polar surface area (TPSA) is 73.5 Å². The van der Waals surface area contributed by atoms with Crippen molar-refractivity contribution in [1.29, 1.82) is 0 Å². The molecule has 7 nitrogen and oxygen atoms in total. The van der Waals surface area contributed by atoms with Crippen molar-refractivity contribution in [2.45, 2.75) is 44.1 Å². The molecule has 8 heteroatoms. The number of aromatic nitrogens is 2. The van der Waals surface area contributed by atoms with E-state index < -0.39 is 0 Å². The van der Waals surface area contributed by atoms with E-state index in [1.165, 1.54) is 18.4 Å². The SMILES string of the molecule is O=C1CN(CCCOC2CCNCC2)CCN1c1cccc(-c2cnc3[nH]cc(C4CC4)c3c2Cl)c1. The number of fused-ring (bicyclic) bond motifs is 1. The van der Waals surface area contributed by atoms with Gasteiger partial charge in [-0.05, 0) is 74.4 Å². The van der Waals surface area contributed by atoms with Crippen molar-refractivity contribution >= 4 is 34.2 Å². The number of benzene rings is 1. The Labute approximate surface area is 217 Å². The van der Waals surface area contributed by atoms with Crippen molar-refractivity contribution in [3.63, 3.8) is 0 Å². The van der Waals surface area contributed by atoms with Gasteiger partial charge in [0.15, 0.2) is 0 Å². The molecular weight excluding hydrogens is 474 g/mol. The van der Waals surface area contributed by atoms with Gasteiger partial charge in [-0.15, -0.1) is 0 Å². The maximum absolute atomic E-state index is 13.1. The van der Waals surface area contributed by atoms with E-state index >= 15 is 0 Å². The van der Waals surface area contributed by atoms with Crippen LogP contribution in [0.3, 0.4) is 0 Å². The van der Waals surface area contributed by atoms with Crippen molar-refractivity contribution in [2.24, 2.45) is 0 Å². The van der Waals surface area contributed by atoms with Crippen LogP contribution in [-0.2, 0) is 9.53 Å². The van der Waals surface area contributed by atoms with Crippen molar-refractivity contribution in [3.05, 3.63) is 47.2 Å². The zero-order chi connectivity index (χ0) is 24.5. The molecule has 0 radical (unpaired) electrons. The molecule has 2 N–H and O–H groups in total. The van der Waals surface area contributed by atoms with Crippen molar-refractivity contribution < 1.29 is 9.53 Å². The van der Waals surface area contributed by atoms with Crippen LogP contribution in [0, 0.1) is 0 Å². The highest BCUT2D eigenvalue weighted by Gasteiger charge is 2.29. The molecule has 0 atom stereocenters. The lowest BCUT2D eigenvalue weighted by atomic mass is 10.0. The molecule has 2 aliphatic heterocycles. The highest BCUT2D eigenvalue weighted by atomic mass is 35.5. The number of rotatable bonds is 8.